The Balaban J connectivity index is 1.04. The Morgan fingerprint density at radius 3 is 1.18 bits per heavy atom. The van der Waals surface area contributed by atoms with Crippen molar-refractivity contribution in [2.75, 3.05) is 0 Å². The van der Waals surface area contributed by atoms with Crippen LogP contribution in [0.25, 0.3) is 64.6 Å². The van der Waals surface area contributed by atoms with Crippen molar-refractivity contribution in [3.63, 3.8) is 0 Å². The number of carbonyl (C=O) groups excluding carboxylic acids is 2. The normalized spacial score (nSPS) is 17.4. The van der Waals surface area contributed by atoms with Crippen molar-refractivity contribution in [1.29, 1.82) is 0 Å². The molecule has 4 heteroatoms. The minimum absolute atomic E-state index is 0.376. The lowest BCUT2D eigenvalue weighted by atomic mass is 9.91. The van der Waals surface area contributed by atoms with Crippen LogP contribution in [0.2, 0.25) is 0 Å². The van der Waals surface area contributed by atoms with E-state index in [1.807, 2.05) is 36.4 Å². The van der Waals surface area contributed by atoms with Crippen molar-refractivity contribution in [3.8, 4) is 0 Å². The second kappa shape index (κ2) is 9.65. The Morgan fingerprint density at radius 1 is 0.432 bits per heavy atom. The third-order valence-electron chi connectivity index (χ3n) is 9.66. The maximum atomic E-state index is 13.8. The molecule has 0 heterocycles. The van der Waals surface area contributed by atoms with Gasteiger partial charge in [-0.25, -0.2) is 9.59 Å². The summed E-state index contributed by atoms with van der Waals surface area (Å²) in [6.45, 7) is 0. The number of rotatable bonds is 4. The molecule has 0 aliphatic heterocycles. The van der Waals surface area contributed by atoms with E-state index in [1.54, 1.807) is 0 Å². The fraction of sp³-hybridized carbons (Fsp3) is 0.150. The van der Waals surface area contributed by atoms with Crippen LogP contribution in [-0.4, -0.2) is 24.1 Å². The van der Waals surface area contributed by atoms with E-state index < -0.39 is 12.2 Å². The summed E-state index contributed by atoms with van der Waals surface area (Å²) < 4.78 is 12.4. The Hall–Kier alpha value is -5.22. The molecule has 0 aromatic heterocycles. The van der Waals surface area contributed by atoms with E-state index in [4.69, 9.17) is 9.47 Å². The van der Waals surface area contributed by atoms with E-state index in [9.17, 15) is 9.59 Å². The second-order valence-corrected chi connectivity index (χ2v) is 12.1. The molecule has 8 aromatic rings. The number of esters is 2. The van der Waals surface area contributed by atoms with Gasteiger partial charge in [0, 0.05) is 0 Å². The summed E-state index contributed by atoms with van der Waals surface area (Å²) in [5, 5.41) is 13.0. The van der Waals surface area contributed by atoms with Crippen molar-refractivity contribution < 1.29 is 19.1 Å². The fourth-order valence-corrected chi connectivity index (χ4v) is 7.56. The molecule has 1 saturated carbocycles. The van der Waals surface area contributed by atoms with Crippen LogP contribution in [0.15, 0.2) is 109 Å². The summed E-state index contributed by atoms with van der Waals surface area (Å²) in [7, 11) is 0. The summed E-state index contributed by atoms with van der Waals surface area (Å²) in [5.41, 5.74) is 1.08. The van der Waals surface area contributed by atoms with Gasteiger partial charge in [0.25, 0.3) is 0 Å². The highest BCUT2D eigenvalue weighted by Gasteiger charge is 2.33. The van der Waals surface area contributed by atoms with Gasteiger partial charge in [0.1, 0.15) is 12.2 Å². The number of benzene rings is 8. The molecular weight excluding hydrogens is 544 g/mol. The standard InChI is InChI=1S/C40H28O4/c41-39(31-21-17-27-13-11-23-5-3-7-25-15-19-29(31)37(27)35(23)25)43-33-9-1-2-10-34(33)44-40(42)32-22-18-28-14-12-24-6-4-8-26-16-20-30(32)38(28)36(24)26/h3-8,11-22,33-34H,1-2,9-10H2/t33-,34-/m1/s1. The minimum atomic E-state index is -0.501. The average Bonchev–Trinajstić information content (AvgIpc) is 3.06. The molecule has 0 radical (unpaired) electrons. The first-order valence-electron chi connectivity index (χ1n) is 15.4. The molecule has 0 unspecified atom stereocenters. The van der Waals surface area contributed by atoms with Gasteiger partial charge in [-0.3, -0.25) is 0 Å². The van der Waals surface area contributed by atoms with Gasteiger partial charge in [0.05, 0.1) is 11.1 Å². The molecule has 212 valence electrons. The van der Waals surface area contributed by atoms with Gasteiger partial charge in [0.15, 0.2) is 0 Å². The van der Waals surface area contributed by atoms with Gasteiger partial charge < -0.3 is 9.47 Å². The van der Waals surface area contributed by atoms with Crippen LogP contribution in [0, 0.1) is 0 Å². The SMILES string of the molecule is O=C(O[C@@H]1CCCC[C@H]1OC(=O)c1ccc2ccc3cccc4ccc1c2c34)c1ccc2ccc3cccc4ccc1c2c34. The predicted octanol–water partition coefficient (Wildman–Crippen LogP) is 9.81. The van der Waals surface area contributed by atoms with Gasteiger partial charge in [-0.2, -0.15) is 0 Å². The first-order valence-corrected chi connectivity index (χ1v) is 15.4. The molecule has 0 spiro atoms. The zero-order valence-corrected chi connectivity index (χ0v) is 24.0. The molecule has 1 aliphatic rings. The molecule has 4 nitrogen and oxygen atoms in total. The van der Waals surface area contributed by atoms with Gasteiger partial charge in [-0.05, 0) is 102 Å². The molecule has 9 rings (SSSR count). The van der Waals surface area contributed by atoms with E-state index in [1.165, 1.54) is 0 Å². The van der Waals surface area contributed by atoms with E-state index in [0.717, 1.165) is 77.5 Å². The number of hydrogen-bond donors (Lipinski definition) is 0. The Bertz CT molecular complexity index is 2200. The molecular formula is C40H28O4. The lowest BCUT2D eigenvalue weighted by molar-refractivity contribution is -0.0512. The van der Waals surface area contributed by atoms with Gasteiger partial charge in [0.2, 0.25) is 0 Å². The summed E-state index contributed by atoms with van der Waals surface area (Å²) in [4.78, 5) is 27.5. The van der Waals surface area contributed by atoms with Crippen molar-refractivity contribution in [3.05, 3.63) is 120 Å². The summed E-state index contributed by atoms with van der Waals surface area (Å²) in [6, 6.07) is 36.9. The zero-order chi connectivity index (χ0) is 29.4. The number of hydrogen-bond acceptors (Lipinski definition) is 4. The summed E-state index contributed by atoms with van der Waals surface area (Å²) in [6.07, 6.45) is 2.16. The molecule has 44 heavy (non-hydrogen) atoms. The Morgan fingerprint density at radius 2 is 0.773 bits per heavy atom. The molecule has 0 N–H and O–H groups in total. The Kier molecular flexibility index (Phi) is 5.55. The minimum Gasteiger partial charge on any atom is -0.455 e. The Labute approximate surface area is 253 Å². The van der Waals surface area contributed by atoms with E-state index >= 15 is 0 Å². The second-order valence-electron chi connectivity index (χ2n) is 12.1. The molecule has 1 fully saturated rings. The summed E-state index contributed by atoms with van der Waals surface area (Å²) in [5.74, 6) is -0.753. The fourth-order valence-electron chi connectivity index (χ4n) is 7.56. The molecule has 0 saturated heterocycles. The predicted molar refractivity (Wildman–Crippen MR) is 177 cm³/mol. The first-order chi connectivity index (χ1) is 21.6. The maximum Gasteiger partial charge on any atom is 0.339 e. The van der Waals surface area contributed by atoms with Crippen molar-refractivity contribution in [2.24, 2.45) is 0 Å². The quantitative estimate of drug-likeness (QED) is 0.156. The van der Waals surface area contributed by atoms with Crippen molar-refractivity contribution >= 4 is 76.6 Å². The largest absolute Gasteiger partial charge is 0.455 e. The van der Waals surface area contributed by atoms with Crippen molar-refractivity contribution in [2.45, 2.75) is 37.9 Å². The number of ether oxygens (including phenoxy) is 2. The molecule has 0 amide bonds. The molecule has 2 atom stereocenters. The van der Waals surface area contributed by atoms with Gasteiger partial charge >= 0.3 is 11.9 Å². The van der Waals surface area contributed by atoms with E-state index in [-0.39, 0.29) is 11.9 Å². The van der Waals surface area contributed by atoms with Crippen LogP contribution in [0.1, 0.15) is 46.4 Å². The average molecular weight is 573 g/mol. The molecule has 0 bridgehead atoms. The third kappa shape index (κ3) is 3.77. The summed E-state index contributed by atoms with van der Waals surface area (Å²) >= 11 is 0. The topological polar surface area (TPSA) is 52.6 Å². The highest BCUT2D eigenvalue weighted by Crippen LogP contribution is 2.38. The third-order valence-corrected chi connectivity index (χ3v) is 9.66. The highest BCUT2D eigenvalue weighted by molar-refractivity contribution is 6.27. The highest BCUT2D eigenvalue weighted by atomic mass is 16.6. The van der Waals surface area contributed by atoms with Crippen molar-refractivity contribution in [1.82, 2.24) is 0 Å². The molecule has 1 aliphatic carbocycles. The first kappa shape index (κ1) is 25.3. The van der Waals surface area contributed by atoms with Crippen LogP contribution in [-0.2, 0) is 9.47 Å². The number of carbonyl (C=O) groups is 2. The monoisotopic (exact) mass is 572 g/mol. The maximum absolute atomic E-state index is 13.8. The van der Waals surface area contributed by atoms with E-state index in [0.29, 0.717) is 24.0 Å². The van der Waals surface area contributed by atoms with Crippen LogP contribution in [0.4, 0.5) is 0 Å². The van der Waals surface area contributed by atoms with Crippen LogP contribution >= 0.6 is 0 Å². The van der Waals surface area contributed by atoms with Gasteiger partial charge in [-0.1, -0.05) is 97.1 Å². The van der Waals surface area contributed by atoms with Gasteiger partial charge in [-0.15, -0.1) is 0 Å². The lowest BCUT2D eigenvalue weighted by Gasteiger charge is -2.31. The molecule has 8 aromatic carbocycles. The van der Waals surface area contributed by atoms with Crippen LogP contribution in [0.5, 0.6) is 0 Å². The van der Waals surface area contributed by atoms with Crippen LogP contribution < -0.4 is 0 Å². The van der Waals surface area contributed by atoms with Crippen LogP contribution in [0.3, 0.4) is 0 Å². The zero-order valence-electron chi connectivity index (χ0n) is 24.0. The smallest absolute Gasteiger partial charge is 0.339 e. The lowest BCUT2D eigenvalue weighted by Crippen LogP contribution is -2.38. The van der Waals surface area contributed by atoms with E-state index in [2.05, 4.69) is 72.8 Å².